The van der Waals surface area contributed by atoms with Crippen molar-refractivity contribution in [3.63, 3.8) is 0 Å². The van der Waals surface area contributed by atoms with E-state index in [2.05, 4.69) is 21.2 Å². The van der Waals surface area contributed by atoms with Gasteiger partial charge in [0.15, 0.2) is 0 Å². The average Bonchev–Trinajstić information content (AvgIpc) is 2.25. The number of rotatable bonds is 5. The van der Waals surface area contributed by atoms with Crippen LogP contribution in [-0.4, -0.2) is 23.7 Å². The van der Waals surface area contributed by atoms with Crippen LogP contribution in [0, 0.1) is 0 Å². The van der Waals surface area contributed by atoms with E-state index in [0.29, 0.717) is 0 Å². The maximum atomic E-state index is 10.6. The third-order valence-electron chi connectivity index (χ3n) is 2.32. The largest absolute Gasteiger partial charge is 0.382 e. The lowest BCUT2D eigenvalue weighted by molar-refractivity contribution is -0.125. The van der Waals surface area contributed by atoms with E-state index in [1.165, 1.54) is 0 Å². The molecule has 1 aromatic rings. The molecular formula is C11H15BrN2O2. The summed E-state index contributed by atoms with van der Waals surface area (Å²) in [6.07, 6.45) is -1.15. The molecule has 88 valence electrons. The van der Waals surface area contributed by atoms with E-state index >= 15 is 0 Å². The number of halogens is 1. The van der Waals surface area contributed by atoms with Gasteiger partial charge in [-0.3, -0.25) is 4.79 Å². The van der Waals surface area contributed by atoms with E-state index in [0.717, 1.165) is 10.0 Å². The van der Waals surface area contributed by atoms with Crippen molar-refractivity contribution in [3.05, 3.63) is 34.3 Å². The highest BCUT2D eigenvalue weighted by atomic mass is 79.9. The van der Waals surface area contributed by atoms with Gasteiger partial charge in [-0.1, -0.05) is 34.1 Å². The summed E-state index contributed by atoms with van der Waals surface area (Å²) in [6, 6.07) is 7.81. The lowest BCUT2D eigenvalue weighted by Crippen LogP contribution is -2.38. The average molecular weight is 287 g/mol. The number of nitrogens with one attached hydrogen (secondary N) is 1. The van der Waals surface area contributed by atoms with Crippen LogP contribution in [0.2, 0.25) is 0 Å². The lowest BCUT2D eigenvalue weighted by Gasteiger charge is -2.17. The fraction of sp³-hybridized carbons (Fsp3) is 0.364. The molecule has 4 nitrogen and oxygen atoms in total. The molecular weight excluding hydrogens is 272 g/mol. The zero-order chi connectivity index (χ0) is 12.1. The van der Waals surface area contributed by atoms with Crippen molar-refractivity contribution in [1.82, 2.24) is 5.32 Å². The van der Waals surface area contributed by atoms with Crippen LogP contribution in [0.15, 0.2) is 28.7 Å². The Hall–Kier alpha value is -0.910. The third-order valence-corrected chi connectivity index (χ3v) is 3.04. The number of primary amides is 1. The van der Waals surface area contributed by atoms with E-state index in [-0.39, 0.29) is 12.6 Å². The van der Waals surface area contributed by atoms with Crippen molar-refractivity contribution < 1.29 is 9.90 Å². The normalized spacial score (nSPS) is 14.4. The minimum absolute atomic E-state index is 0.0320. The molecule has 0 saturated heterocycles. The second kappa shape index (κ2) is 5.98. The number of benzene rings is 1. The van der Waals surface area contributed by atoms with Crippen molar-refractivity contribution in [2.45, 2.75) is 19.1 Å². The second-order valence-corrected chi connectivity index (χ2v) is 4.42. The number of hydrogen-bond acceptors (Lipinski definition) is 3. The molecule has 0 spiro atoms. The van der Waals surface area contributed by atoms with Gasteiger partial charge in [0.1, 0.15) is 6.10 Å². The summed E-state index contributed by atoms with van der Waals surface area (Å²) in [5, 5.41) is 12.3. The van der Waals surface area contributed by atoms with Crippen LogP contribution in [0.3, 0.4) is 0 Å². The molecule has 0 fully saturated rings. The van der Waals surface area contributed by atoms with E-state index < -0.39 is 12.0 Å². The molecule has 0 aromatic heterocycles. The first-order chi connectivity index (χ1) is 7.52. The van der Waals surface area contributed by atoms with Gasteiger partial charge in [-0.2, -0.15) is 0 Å². The Bertz CT molecular complexity index is 371. The topological polar surface area (TPSA) is 75.3 Å². The fourth-order valence-electron chi connectivity index (χ4n) is 1.33. The number of carbonyl (C=O) groups excluding carboxylic acids is 1. The molecule has 0 saturated carbocycles. The number of nitrogens with two attached hydrogens (primary N) is 1. The van der Waals surface area contributed by atoms with Crippen LogP contribution in [0.4, 0.5) is 0 Å². The SMILES string of the molecule is CC(NCC(O)C(N)=O)c1ccccc1Br. The Morgan fingerprint density at radius 1 is 1.56 bits per heavy atom. The van der Waals surface area contributed by atoms with Crippen LogP contribution in [0.5, 0.6) is 0 Å². The van der Waals surface area contributed by atoms with E-state index in [9.17, 15) is 9.90 Å². The van der Waals surface area contributed by atoms with E-state index in [1.807, 2.05) is 31.2 Å². The molecule has 1 amide bonds. The van der Waals surface area contributed by atoms with Gasteiger partial charge in [0.2, 0.25) is 5.91 Å². The first-order valence-corrected chi connectivity index (χ1v) is 5.77. The van der Waals surface area contributed by atoms with Crippen LogP contribution >= 0.6 is 15.9 Å². The third kappa shape index (κ3) is 3.59. The summed E-state index contributed by atoms with van der Waals surface area (Å²) < 4.78 is 0.989. The second-order valence-electron chi connectivity index (χ2n) is 3.57. The summed E-state index contributed by atoms with van der Waals surface area (Å²) >= 11 is 3.44. The molecule has 0 bridgehead atoms. The smallest absolute Gasteiger partial charge is 0.247 e. The molecule has 16 heavy (non-hydrogen) atoms. The summed E-state index contributed by atoms with van der Waals surface area (Å²) in [5.41, 5.74) is 6.02. The number of hydrogen-bond donors (Lipinski definition) is 3. The summed E-state index contributed by atoms with van der Waals surface area (Å²) in [6.45, 7) is 2.10. The molecule has 1 aromatic carbocycles. The van der Waals surface area contributed by atoms with Crippen molar-refractivity contribution >= 4 is 21.8 Å². The van der Waals surface area contributed by atoms with Gasteiger partial charge in [0.25, 0.3) is 0 Å². The summed E-state index contributed by atoms with van der Waals surface area (Å²) in [4.78, 5) is 10.6. The van der Waals surface area contributed by atoms with Crippen LogP contribution in [-0.2, 0) is 4.79 Å². The summed E-state index contributed by atoms with van der Waals surface area (Å²) in [5.74, 6) is -0.716. The number of carbonyl (C=O) groups is 1. The summed E-state index contributed by atoms with van der Waals surface area (Å²) in [7, 11) is 0. The van der Waals surface area contributed by atoms with Gasteiger partial charge in [-0.25, -0.2) is 0 Å². The molecule has 2 atom stereocenters. The molecule has 0 radical (unpaired) electrons. The number of amides is 1. The van der Waals surface area contributed by atoms with Crippen LogP contribution in [0.25, 0.3) is 0 Å². The standard InChI is InChI=1S/C11H15BrN2O2/c1-7(14-6-10(15)11(13)16)8-4-2-3-5-9(8)12/h2-5,7,10,14-15H,6H2,1H3,(H2,13,16). The lowest BCUT2D eigenvalue weighted by atomic mass is 10.1. The Kier molecular flexibility index (Phi) is 4.92. The number of aliphatic hydroxyl groups is 1. The van der Waals surface area contributed by atoms with Gasteiger partial charge in [0.05, 0.1) is 0 Å². The molecule has 0 aliphatic heterocycles. The molecule has 0 heterocycles. The minimum Gasteiger partial charge on any atom is -0.382 e. The van der Waals surface area contributed by atoms with Crippen molar-refractivity contribution in [2.75, 3.05) is 6.54 Å². The molecule has 2 unspecified atom stereocenters. The maximum absolute atomic E-state index is 10.6. The Morgan fingerprint density at radius 3 is 2.75 bits per heavy atom. The first-order valence-electron chi connectivity index (χ1n) is 4.97. The highest BCUT2D eigenvalue weighted by molar-refractivity contribution is 9.10. The monoisotopic (exact) mass is 286 g/mol. The van der Waals surface area contributed by atoms with E-state index in [4.69, 9.17) is 5.73 Å². The Morgan fingerprint density at radius 2 is 2.19 bits per heavy atom. The van der Waals surface area contributed by atoms with Crippen LogP contribution < -0.4 is 11.1 Å². The maximum Gasteiger partial charge on any atom is 0.247 e. The van der Waals surface area contributed by atoms with Crippen molar-refractivity contribution in [1.29, 1.82) is 0 Å². The predicted octanol–water partition coefficient (Wildman–Crippen LogP) is 0.946. The van der Waals surface area contributed by atoms with Crippen molar-refractivity contribution in [3.8, 4) is 0 Å². The zero-order valence-electron chi connectivity index (χ0n) is 8.98. The van der Waals surface area contributed by atoms with Crippen LogP contribution in [0.1, 0.15) is 18.5 Å². The Labute approximate surface area is 103 Å². The highest BCUT2D eigenvalue weighted by Crippen LogP contribution is 2.22. The van der Waals surface area contributed by atoms with Gasteiger partial charge in [-0.05, 0) is 18.6 Å². The van der Waals surface area contributed by atoms with Gasteiger partial charge < -0.3 is 16.2 Å². The van der Waals surface area contributed by atoms with E-state index in [1.54, 1.807) is 0 Å². The van der Waals surface area contributed by atoms with Gasteiger partial charge in [0, 0.05) is 17.1 Å². The van der Waals surface area contributed by atoms with Crippen molar-refractivity contribution in [2.24, 2.45) is 5.73 Å². The molecule has 5 heteroatoms. The molecule has 1 rings (SSSR count). The quantitative estimate of drug-likeness (QED) is 0.754. The first kappa shape index (κ1) is 13.2. The van der Waals surface area contributed by atoms with Gasteiger partial charge in [-0.15, -0.1) is 0 Å². The predicted molar refractivity (Wildman–Crippen MR) is 65.8 cm³/mol. The Balaban J connectivity index is 2.56. The molecule has 4 N–H and O–H groups in total. The zero-order valence-corrected chi connectivity index (χ0v) is 10.6. The fourth-order valence-corrected chi connectivity index (χ4v) is 1.95. The molecule has 0 aliphatic carbocycles. The van der Waals surface area contributed by atoms with Gasteiger partial charge >= 0.3 is 0 Å². The minimum atomic E-state index is -1.15. The number of aliphatic hydroxyl groups excluding tert-OH is 1. The highest BCUT2D eigenvalue weighted by Gasteiger charge is 2.13. The molecule has 0 aliphatic rings.